The molecule has 1 N–H and O–H groups in total. The molecule has 0 saturated carbocycles. The highest BCUT2D eigenvalue weighted by Gasteiger charge is 2.38. The topological polar surface area (TPSA) is 57.6 Å². The summed E-state index contributed by atoms with van der Waals surface area (Å²) < 4.78 is 23.6. The number of nitrogens with zero attached hydrogens (tertiary/aromatic N) is 1. The Morgan fingerprint density at radius 1 is 1.83 bits per heavy atom. The summed E-state index contributed by atoms with van der Waals surface area (Å²) in [6, 6.07) is 0. The van der Waals surface area contributed by atoms with E-state index in [1.807, 2.05) is 0 Å². The maximum atomic E-state index is 11.3. The number of terminal acetylenes is 1. The zero-order valence-corrected chi connectivity index (χ0v) is 7.21. The lowest BCUT2D eigenvalue weighted by atomic mass is 10.3. The molecule has 1 rings (SSSR count). The maximum Gasteiger partial charge on any atom is 0.242 e. The van der Waals surface area contributed by atoms with Gasteiger partial charge in [0.05, 0.1) is 11.4 Å². The second-order valence-electron chi connectivity index (χ2n) is 2.48. The zero-order valence-electron chi connectivity index (χ0n) is 6.40. The highest BCUT2D eigenvalue weighted by molar-refractivity contribution is 7.93. The van der Waals surface area contributed by atoms with Crippen molar-refractivity contribution in [3.63, 3.8) is 0 Å². The first-order valence-electron chi connectivity index (χ1n) is 3.30. The van der Waals surface area contributed by atoms with Crippen molar-refractivity contribution in [2.45, 2.75) is 6.10 Å². The normalized spacial score (nSPS) is 28.7. The Kier molecular flexibility index (Phi) is 2.24. The Labute approximate surface area is 71.5 Å². The largest absolute Gasteiger partial charge is 0.386 e. The minimum atomic E-state index is -3.53. The quantitative estimate of drug-likeness (QED) is 0.543. The fourth-order valence-electron chi connectivity index (χ4n) is 0.982. The maximum absolute atomic E-state index is 11.3. The smallest absolute Gasteiger partial charge is 0.242 e. The van der Waals surface area contributed by atoms with E-state index in [0.29, 0.717) is 0 Å². The predicted octanol–water partition coefficient (Wildman–Crippen LogP) is -0.860. The van der Waals surface area contributed by atoms with E-state index in [1.54, 1.807) is 0 Å². The van der Waals surface area contributed by atoms with Crippen LogP contribution in [0, 0.1) is 12.3 Å². The van der Waals surface area contributed by atoms with E-state index in [4.69, 9.17) is 11.5 Å². The van der Waals surface area contributed by atoms with Crippen LogP contribution >= 0.6 is 0 Å². The van der Waals surface area contributed by atoms with Gasteiger partial charge in [-0.25, -0.2) is 8.42 Å². The number of sulfonamides is 1. The lowest BCUT2D eigenvalue weighted by molar-refractivity contribution is 0.206. The molecule has 0 aromatic rings. The van der Waals surface area contributed by atoms with E-state index in [0.717, 1.165) is 4.31 Å². The third kappa shape index (κ3) is 1.25. The minimum absolute atomic E-state index is 0.0155. The molecule has 1 aliphatic heterocycles. The van der Waals surface area contributed by atoms with E-state index in [9.17, 15) is 8.42 Å². The van der Waals surface area contributed by atoms with Crippen molar-refractivity contribution in [1.29, 1.82) is 0 Å². The summed E-state index contributed by atoms with van der Waals surface area (Å²) in [5, 5.41) is 9.14. The molecule has 4 nitrogen and oxygen atoms in total. The summed E-state index contributed by atoms with van der Waals surface area (Å²) in [6.45, 7) is 3.28. The van der Waals surface area contributed by atoms with Gasteiger partial charge in [0.2, 0.25) is 10.0 Å². The lowest BCUT2D eigenvalue weighted by Crippen LogP contribution is -2.26. The van der Waals surface area contributed by atoms with Crippen molar-refractivity contribution in [3.8, 4) is 12.3 Å². The number of aliphatic hydroxyl groups excluding tert-OH is 1. The Morgan fingerprint density at radius 2 is 2.42 bits per heavy atom. The van der Waals surface area contributed by atoms with Crippen molar-refractivity contribution < 1.29 is 13.5 Å². The highest BCUT2D eigenvalue weighted by Crippen LogP contribution is 2.23. The molecule has 1 fully saturated rings. The molecule has 0 aromatic heterocycles. The van der Waals surface area contributed by atoms with Gasteiger partial charge in [0.25, 0.3) is 0 Å². The summed E-state index contributed by atoms with van der Waals surface area (Å²) in [6.07, 6.45) is 3.94. The number of β-amino-alcohol motifs (C(OH)–C–C–N with tert-alkyl or cyclic N) is 1. The molecule has 1 saturated heterocycles. The fourth-order valence-corrected chi connectivity index (χ4v) is 2.31. The first-order valence-corrected chi connectivity index (χ1v) is 4.74. The van der Waals surface area contributed by atoms with Crippen LogP contribution in [0.4, 0.5) is 0 Å². The first kappa shape index (κ1) is 9.26. The zero-order chi connectivity index (χ0) is 9.35. The molecule has 0 bridgehead atoms. The van der Waals surface area contributed by atoms with E-state index < -0.39 is 16.1 Å². The van der Waals surface area contributed by atoms with Gasteiger partial charge in [-0.1, -0.05) is 12.5 Å². The summed E-state index contributed by atoms with van der Waals surface area (Å²) in [5.41, 5.74) is 0. The Morgan fingerprint density at radius 3 is 2.75 bits per heavy atom. The molecule has 0 spiro atoms. The summed E-state index contributed by atoms with van der Waals surface area (Å²) in [4.78, 5) is -0.169. The van der Waals surface area contributed by atoms with Gasteiger partial charge in [-0.2, -0.15) is 4.31 Å². The molecule has 0 unspecified atom stereocenters. The third-order valence-electron chi connectivity index (χ3n) is 1.69. The van der Waals surface area contributed by atoms with Gasteiger partial charge in [-0.05, 0) is 0 Å². The molecule has 1 aliphatic rings. The van der Waals surface area contributed by atoms with Crippen molar-refractivity contribution in [3.05, 3.63) is 11.5 Å². The van der Waals surface area contributed by atoms with E-state index >= 15 is 0 Å². The van der Waals surface area contributed by atoms with Crippen LogP contribution in [0.3, 0.4) is 0 Å². The molecule has 12 heavy (non-hydrogen) atoms. The SMILES string of the molecule is C#CCN1C[C@H](O)C(=C)S1(=O)=O. The van der Waals surface area contributed by atoms with Crippen LogP contribution in [0.1, 0.15) is 0 Å². The number of aliphatic hydroxyl groups is 1. The molecule has 0 amide bonds. The molecular formula is C7H9NO3S. The fraction of sp³-hybridized carbons (Fsp3) is 0.429. The molecule has 1 atom stereocenters. The van der Waals surface area contributed by atoms with Crippen LogP contribution in [0.15, 0.2) is 11.5 Å². The van der Waals surface area contributed by atoms with Crippen LogP contribution in [-0.2, 0) is 10.0 Å². The van der Waals surface area contributed by atoms with Gasteiger partial charge in [0.15, 0.2) is 0 Å². The number of hydrogen-bond donors (Lipinski definition) is 1. The number of rotatable bonds is 1. The molecule has 1 heterocycles. The van der Waals surface area contributed by atoms with Gasteiger partial charge in [-0.3, -0.25) is 0 Å². The summed E-state index contributed by atoms with van der Waals surface area (Å²) >= 11 is 0. The van der Waals surface area contributed by atoms with Crippen LogP contribution in [0.5, 0.6) is 0 Å². The van der Waals surface area contributed by atoms with Crippen LogP contribution in [0.25, 0.3) is 0 Å². The van der Waals surface area contributed by atoms with Gasteiger partial charge < -0.3 is 5.11 Å². The predicted molar refractivity (Wildman–Crippen MR) is 44.5 cm³/mol. The van der Waals surface area contributed by atoms with Crippen molar-refractivity contribution >= 4 is 10.0 Å². The Balaban J connectivity index is 2.98. The minimum Gasteiger partial charge on any atom is -0.386 e. The lowest BCUT2D eigenvalue weighted by Gasteiger charge is -2.08. The van der Waals surface area contributed by atoms with Crippen LogP contribution in [0.2, 0.25) is 0 Å². The van der Waals surface area contributed by atoms with E-state index in [-0.39, 0.29) is 18.0 Å². The number of hydrogen-bond acceptors (Lipinski definition) is 3. The first-order chi connectivity index (χ1) is 5.50. The molecule has 0 aromatic carbocycles. The monoisotopic (exact) mass is 187 g/mol. The molecule has 5 heteroatoms. The van der Waals surface area contributed by atoms with Crippen LogP contribution < -0.4 is 0 Å². The van der Waals surface area contributed by atoms with Crippen molar-refractivity contribution in [2.75, 3.05) is 13.1 Å². The van der Waals surface area contributed by atoms with Gasteiger partial charge >= 0.3 is 0 Å². The molecular weight excluding hydrogens is 178 g/mol. The average Bonchev–Trinajstić information content (AvgIpc) is 2.17. The summed E-state index contributed by atoms with van der Waals surface area (Å²) in [5.74, 6) is 2.20. The van der Waals surface area contributed by atoms with Crippen molar-refractivity contribution in [1.82, 2.24) is 4.31 Å². The van der Waals surface area contributed by atoms with E-state index in [2.05, 4.69) is 12.5 Å². The van der Waals surface area contributed by atoms with Gasteiger partial charge in [0, 0.05) is 6.54 Å². The average molecular weight is 187 g/mol. The summed E-state index contributed by atoms with van der Waals surface area (Å²) in [7, 11) is -3.53. The highest BCUT2D eigenvalue weighted by atomic mass is 32.2. The van der Waals surface area contributed by atoms with Crippen molar-refractivity contribution in [2.24, 2.45) is 0 Å². The Bertz CT molecular complexity index is 338. The van der Waals surface area contributed by atoms with Gasteiger partial charge in [-0.15, -0.1) is 6.42 Å². The molecule has 66 valence electrons. The molecule has 0 aliphatic carbocycles. The Hall–Kier alpha value is -0.830. The second-order valence-corrected chi connectivity index (χ2v) is 4.47. The van der Waals surface area contributed by atoms with E-state index in [1.165, 1.54) is 0 Å². The third-order valence-corrected chi connectivity index (χ3v) is 3.58. The standard InChI is InChI=1S/C7H9NO3S/c1-3-4-8-5-7(9)6(2)12(8,10)11/h1,7,9H,2,4-5H2/t7-/m0/s1. The molecule has 0 radical (unpaired) electrons. The van der Waals surface area contributed by atoms with Gasteiger partial charge in [0.1, 0.15) is 6.10 Å². The van der Waals surface area contributed by atoms with Crippen LogP contribution in [-0.4, -0.2) is 37.0 Å². The second kappa shape index (κ2) is 2.90.